The first-order valence-electron chi connectivity index (χ1n) is 5.96. The highest BCUT2D eigenvalue weighted by Crippen LogP contribution is 2.34. The number of halogens is 3. The summed E-state index contributed by atoms with van der Waals surface area (Å²) in [6.07, 6.45) is -1.99. The number of benzene rings is 1. The fraction of sp³-hybridized carbons (Fsp3) is 0.231. The van der Waals surface area contributed by atoms with Crippen LogP contribution in [0.15, 0.2) is 36.7 Å². The molecule has 2 aromatic rings. The first kappa shape index (κ1) is 15.0. The van der Waals surface area contributed by atoms with Gasteiger partial charge in [0.1, 0.15) is 0 Å². The summed E-state index contributed by atoms with van der Waals surface area (Å²) >= 11 is 0. The number of nitrogens with one attached hydrogen (secondary N) is 1. The maximum atomic E-state index is 12.3. The number of aromatic nitrogens is 2. The summed E-state index contributed by atoms with van der Waals surface area (Å²) in [6, 6.07) is 5.45. The highest BCUT2D eigenvalue weighted by atomic mass is 19.4. The zero-order valence-corrected chi connectivity index (χ0v) is 11.0. The second-order valence-corrected chi connectivity index (χ2v) is 3.97. The molecule has 1 heterocycles. The van der Waals surface area contributed by atoms with Gasteiger partial charge in [-0.1, -0.05) is 12.1 Å². The van der Waals surface area contributed by atoms with Gasteiger partial charge in [0, 0.05) is 6.54 Å². The lowest BCUT2D eigenvalue weighted by molar-refractivity contribution is -0.275. The van der Waals surface area contributed by atoms with Crippen LogP contribution < -0.4 is 14.8 Å². The quantitative estimate of drug-likeness (QED) is 0.920. The van der Waals surface area contributed by atoms with Crippen LogP contribution in [-0.2, 0) is 6.54 Å². The smallest absolute Gasteiger partial charge is 0.434 e. The third-order valence-electron chi connectivity index (χ3n) is 2.33. The van der Waals surface area contributed by atoms with Crippen LogP contribution in [0.4, 0.5) is 13.2 Å². The van der Waals surface area contributed by atoms with E-state index in [9.17, 15) is 13.2 Å². The molecular weight excluding hydrogens is 287 g/mol. The monoisotopic (exact) mass is 299 g/mol. The molecule has 0 fully saturated rings. The Balaban J connectivity index is 2.15. The Morgan fingerprint density at radius 3 is 2.38 bits per heavy atom. The highest BCUT2D eigenvalue weighted by molar-refractivity contribution is 5.41. The largest absolute Gasteiger partial charge is 0.573 e. The van der Waals surface area contributed by atoms with Crippen LogP contribution in [0.3, 0.4) is 0 Å². The topological polar surface area (TPSA) is 56.3 Å². The van der Waals surface area contributed by atoms with Gasteiger partial charge >= 0.3 is 6.36 Å². The van der Waals surface area contributed by atoms with Crippen molar-refractivity contribution in [1.29, 1.82) is 0 Å². The van der Waals surface area contributed by atoms with Gasteiger partial charge in [-0.2, -0.15) is 0 Å². The molecule has 0 spiro atoms. The molecule has 112 valence electrons. The molecule has 0 radical (unpaired) electrons. The maximum absolute atomic E-state index is 12.3. The Kier molecular flexibility index (Phi) is 4.59. The summed E-state index contributed by atoms with van der Waals surface area (Å²) in [7, 11) is 1.76. The number of para-hydroxylation sites is 2. The van der Waals surface area contributed by atoms with Crippen molar-refractivity contribution in [3.8, 4) is 17.4 Å². The number of hydrogen-bond donors (Lipinski definition) is 1. The molecule has 0 amide bonds. The fourth-order valence-electron chi connectivity index (χ4n) is 1.52. The SMILES string of the molecule is CNCc1cnc(Oc2ccccc2OC(F)(F)F)cn1. The van der Waals surface area contributed by atoms with E-state index in [1.54, 1.807) is 7.05 Å². The van der Waals surface area contributed by atoms with Crippen molar-refractivity contribution >= 4 is 0 Å². The normalized spacial score (nSPS) is 11.2. The van der Waals surface area contributed by atoms with E-state index in [2.05, 4.69) is 20.0 Å². The lowest BCUT2D eigenvalue weighted by Gasteiger charge is -2.13. The van der Waals surface area contributed by atoms with E-state index >= 15 is 0 Å². The van der Waals surface area contributed by atoms with E-state index in [-0.39, 0.29) is 11.6 Å². The molecule has 1 aromatic carbocycles. The molecule has 8 heteroatoms. The minimum Gasteiger partial charge on any atom is -0.434 e. The van der Waals surface area contributed by atoms with Gasteiger partial charge in [0.15, 0.2) is 11.5 Å². The average molecular weight is 299 g/mol. The number of alkyl halides is 3. The summed E-state index contributed by atoms with van der Waals surface area (Å²) in [5, 5.41) is 2.90. The van der Waals surface area contributed by atoms with Crippen LogP contribution >= 0.6 is 0 Å². The number of hydrogen-bond acceptors (Lipinski definition) is 5. The predicted octanol–water partition coefficient (Wildman–Crippen LogP) is 2.89. The molecule has 0 aliphatic heterocycles. The standard InChI is InChI=1S/C13H12F3N3O2/c1-17-6-9-7-19-12(8-18-9)20-10-4-2-3-5-11(10)21-13(14,15)16/h2-5,7-8,17H,6H2,1H3. The Morgan fingerprint density at radius 2 is 1.81 bits per heavy atom. The average Bonchev–Trinajstić information content (AvgIpc) is 2.42. The minimum absolute atomic E-state index is 0.0769. The predicted molar refractivity (Wildman–Crippen MR) is 68.0 cm³/mol. The zero-order valence-electron chi connectivity index (χ0n) is 11.0. The molecular formula is C13H12F3N3O2. The Bertz CT molecular complexity index is 588. The Labute approximate surface area is 118 Å². The Hall–Kier alpha value is -2.35. The molecule has 2 rings (SSSR count). The van der Waals surface area contributed by atoms with Crippen LogP contribution in [0.2, 0.25) is 0 Å². The number of nitrogens with zero attached hydrogens (tertiary/aromatic N) is 2. The molecule has 0 aliphatic carbocycles. The van der Waals surface area contributed by atoms with Gasteiger partial charge in [-0.05, 0) is 19.2 Å². The number of ether oxygens (including phenoxy) is 2. The lowest BCUT2D eigenvalue weighted by Crippen LogP contribution is -2.17. The van der Waals surface area contributed by atoms with Crippen LogP contribution in [0, 0.1) is 0 Å². The summed E-state index contributed by atoms with van der Waals surface area (Å²) in [5.74, 6) is -0.454. The summed E-state index contributed by atoms with van der Waals surface area (Å²) in [4.78, 5) is 8.02. The third kappa shape index (κ3) is 4.60. The zero-order chi connectivity index (χ0) is 15.3. The lowest BCUT2D eigenvalue weighted by atomic mass is 10.3. The molecule has 0 saturated carbocycles. The van der Waals surface area contributed by atoms with Gasteiger partial charge in [0.2, 0.25) is 5.88 Å². The third-order valence-corrected chi connectivity index (χ3v) is 2.33. The molecule has 0 unspecified atom stereocenters. The van der Waals surface area contributed by atoms with E-state index in [0.29, 0.717) is 12.2 Å². The molecule has 0 aliphatic rings. The van der Waals surface area contributed by atoms with Gasteiger partial charge in [-0.3, -0.25) is 4.98 Å². The summed E-state index contributed by atoms with van der Waals surface area (Å²) in [5.41, 5.74) is 0.685. The van der Waals surface area contributed by atoms with Crippen molar-refractivity contribution in [2.24, 2.45) is 0 Å². The number of rotatable bonds is 5. The van der Waals surface area contributed by atoms with Crippen LogP contribution in [0.5, 0.6) is 17.4 Å². The minimum atomic E-state index is -4.79. The Morgan fingerprint density at radius 1 is 1.10 bits per heavy atom. The van der Waals surface area contributed by atoms with Gasteiger partial charge in [-0.25, -0.2) is 4.98 Å². The van der Waals surface area contributed by atoms with Crippen LogP contribution in [0.1, 0.15) is 5.69 Å². The van der Waals surface area contributed by atoms with Crippen molar-refractivity contribution in [3.63, 3.8) is 0 Å². The molecule has 1 aromatic heterocycles. The molecule has 0 bridgehead atoms. The molecule has 5 nitrogen and oxygen atoms in total. The van der Waals surface area contributed by atoms with Crippen molar-refractivity contribution in [3.05, 3.63) is 42.4 Å². The second kappa shape index (κ2) is 6.40. The van der Waals surface area contributed by atoms with Gasteiger partial charge in [0.05, 0.1) is 18.1 Å². The van der Waals surface area contributed by atoms with Crippen molar-refractivity contribution in [2.45, 2.75) is 12.9 Å². The fourth-order valence-corrected chi connectivity index (χ4v) is 1.52. The van der Waals surface area contributed by atoms with Gasteiger partial charge in [-0.15, -0.1) is 13.2 Å². The van der Waals surface area contributed by atoms with E-state index in [1.807, 2.05) is 0 Å². The molecule has 0 saturated heterocycles. The first-order chi connectivity index (χ1) is 9.98. The van der Waals surface area contributed by atoms with Crippen molar-refractivity contribution in [1.82, 2.24) is 15.3 Å². The first-order valence-corrected chi connectivity index (χ1v) is 5.96. The molecule has 0 atom stereocenters. The van der Waals surface area contributed by atoms with Gasteiger partial charge < -0.3 is 14.8 Å². The molecule has 1 N–H and O–H groups in total. The van der Waals surface area contributed by atoms with Crippen molar-refractivity contribution in [2.75, 3.05) is 7.05 Å². The molecule has 21 heavy (non-hydrogen) atoms. The summed E-state index contributed by atoms with van der Waals surface area (Å²) in [6.45, 7) is 0.529. The highest BCUT2D eigenvalue weighted by Gasteiger charge is 2.32. The maximum Gasteiger partial charge on any atom is 0.573 e. The van der Waals surface area contributed by atoms with Gasteiger partial charge in [0.25, 0.3) is 0 Å². The van der Waals surface area contributed by atoms with E-state index in [0.717, 1.165) is 6.07 Å². The van der Waals surface area contributed by atoms with E-state index in [4.69, 9.17) is 4.74 Å². The summed E-state index contributed by atoms with van der Waals surface area (Å²) < 4.78 is 46.0. The second-order valence-electron chi connectivity index (χ2n) is 3.97. The van der Waals surface area contributed by atoms with Crippen LogP contribution in [0.25, 0.3) is 0 Å². The van der Waals surface area contributed by atoms with Crippen molar-refractivity contribution < 1.29 is 22.6 Å². The van der Waals surface area contributed by atoms with E-state index < -0.39 is 12.1 Å². The van der Waals surface area contributed by atoms with Crippen LogP contribution in [-0.4, -0.2) is 23.4 Å². The van der Waals surface area contributed by atoms with E-state index in [1.165, 1.54) is 30.6 Å².